The highest BCUT2D eigenvalue weighted by atomic mass is 79.9. The molecular formula is C13H15BrFNO2. The lowest BCUT2D eigenvalue weighted by Crippen LogP contribution is -2.33. The number of benzene rings is 1. The average molecular weight is 316 g/mol. The summed E-state index contributed by atoms with van der Waals surface area (Å²) in [6.45, 7) is 2.88. The number of hydrogen-bond acceptors (Lipinski definition) is 2. The smallest absolute Gasteiger partial charge is 0.336 e. The molecule has 0 atom stereocenters. The van der Waals surface area contributed by atoms with E-state index in [9.17, 15) is 9.18 Å². The molecule has 1 aromatic rings. The molecule has 1 aromatic carbocycles. The molecule has 18 heavy (non-hydrogen) atoms. The van der Waals surface area contributed by atoms with Gasteiger partial charge in [-0.25, -0.2) is 9.18 Å². The molecule has 1 saturated carbocycles. The van der Waals surface area contributed by atoms with E-state index in [0.717, 1.165) is 12.8 Å². The standard InChI is InChI=1S/C13H15BrFNO2/c1-13(5-2-6-13)7-16-9-4-3-8(12(17)18)10(14)11(9)15/h3-4,16H,2,5-7H2,1H3,(H,17,18). The lowest BCUT2D eigenvalue weighted by molar-refractivity contribution is 0.0695. The second kappa shape index (κ2) is 4.88. The van der Waals surface area contributed by atoms with Crippen molar-refractivity contribution in [3.05, 3.63) is 28.0 Å². The minimum atomic E-state index is -1.14. The van der Waals surface area contributed by atoms with E-state index in [0.29, 0.717) is 12.2 Å². The van der Waals surface area contributed by atoms with E-state index < -0.39 is 11.8 Å². The normalized spacial score (nSPS) is 17.1. The zero-order valence-corrected chi connectivity index (χ0v) is 11.7. The lowest BCUT2D eigenvalue weighted by Gasteiger charge is -2.38. The third-order valence-electron chi connectivity index (χ3n) is 3.58. The van der Waals surface area contributed by atoms with Crippen LogP contribution in [0, 0.1) is 11.2 Å². The predicted octanol–water partition coefficient (Wildman–Crippen LogP) is 3.89. The third kappa shape index (κ3) is 2.51. The fourth-order valence-corrected chi connectivity index (χ4v) is 2.63. The van der Waals surface area contributed by atoms with E-state index in [1.54, 1.807) is 0 Å². The van der Waals surface area contributed by atoms with E-state index in [1.807, 2.05) is 0 Å². The maximum Gasteiger partial charge on any atom is 0.336 e. The number of carboxylic acids is 1. The summed E-state index contributed by atoms with van der Waals surface area (Å²) in [5, 5.41) is 11.9. The molecule has 3 nitrogen and oxygen atoms in total. The van der Waals surface area contributed by atoms with E-state index in [-0.39, 0.29) is 15.5 Å². The van der Waals surface area contributed by atoms with Crippen molar-refractivity contribution in [2.75, 3.05) is 11.9 Å². The van der Waals surface area contributed by atoms with E-state index in [4.69, 9.17) is 5.11 Å². The van der Waals surface area contributed by atoms with E-state index in [2.05, 4.69) is 28.2 Å². The van der Waals surface area contributed by atoms with Crippen molar-refractivity contribution in [3.8, 4) is 0 Å². The number of carbonyl (C=O) groups is 1. The molecule has 0 aliphatic heterocycles. The Labute approximate surface area is 114 Å². The van der Waals surface area contributed by atoms with Crippen molar-refractivity contribution in [1.29, 1.82) is 0 Å². The molecule has 0 heterocycles. The van der Waals surface area contributed by atoms with Gasteiger partial charge in [-0.2, -0.15) is 0 Å². The van der Waals surface area contributed by atoms with Gasteiger partial charge in [-0.1, -0.05) is 13.3 Å². The number of aromatic carboxylic acids is 1. The number of hydrogen-bond donors (Lipinski definition) is 2. The second-order valence-electron chi connectivity index (χ2n) is 5.11. The van der Waals surface area contributed by atoms with Crippen molar-refractivity contribution >= 4 is 27.6 Å². The van der Waals surface area contributed by atoms with Gasteiger partial charge in [0, 0.05) is 6.54 Å². The number of carboxylic acid groups (broad SMARTS) is 1. The summed E-state index contributed by atoms with van der Waals surface area (Å²) in [6.07, 6.45) is 3.52. The monoisotopic (exact) mass is 315 g/mol. The van der Waals surface area contributed by atoms with Crippen LogP contribution in [0.3, 0.4) is 0 Å². The highest BCUT2D eigenvalue weighted by Crippen LogP contribution is 2.40. The van der Waals surface area contributed by atoms with E-state index in [1.165, 1.54) is 18.6 Å². The first-order valence-corrected chi connectivity index (χ1v) is 6.67. The largest absolute Gasteiger partial charge is 0.478 e. The molecule has 98 valence electrons. The second-order valence-corrected chi connectivity index (χ2v) is 5.90. The van der Waals surface area contributed by atoms with Crippen LogP contribution in [0.5, 0.6) is 0 Å². The van der Waals surface area contributed by atoms with Gasteiger partial charge in [-0.05, 0) is 46.3 Å². The molecule has 0 aromatic heterocycles. The number of nitrogens with one attached hydrogen (secondary N) is 1. The topological polar surface area (TPSA) is 49.3 Å². The minimum absolute atomic E-state index is 0.00115. The van der Waals surface area contributed by atoms with Crippen LogP contribution in [0.25, 0.3) is 0 Å². The van der Waals surface area contributed by atoms with E-state index >= 15 is 0 Å². The molecule has 0 spiro atoms. The Morgan fingerprint density at radius 1 is 1.56 bits per heavy atom. The van der Waals surface area contributed by atoms with Crippen molar-refractivity contribution in [2.45, 2.75) is 26.2 Å². The maximum absolute atomic E-state index is 13.9. The summed E-state index contributed by atoms with van der Waals surface area (Å²) in [4.78, 5) is 10.8. The molecule has 0 radical (unpaired) electrons. The first kappa shape index (κ1) is 13.3. The molecule has 2 N–H and O–H groups in total. The Morgan fingerprint density at radius 3 is 2.72 bits per heavy atom. The molecule has 1 aliphatic rings. The molecule has 1 aliphatic carbocycles. The van der Waals surface area contributed by atoms with Crippen LogP contribution in [0.15, 0.2) is 16.6 Å². The van der Waals surface area contributed by atoms with Gasteiger partial charge < -0.3 is 10.4 Å². The van der Waals surface area contributed by atoms with Gasteiger partial charge in [0.05, 0.1) is 15.7 Å². The minimum Gasteiger partial charge on any atom is -0.478 e. The number of anilines is 1. The summed E-state index contributed by atoms with van der Waals surface area (Å²) >= 11 is 2.99. The lowest BCUT2D eigenvalue weighted by atomic mass is 9.70. The SMILES string of the molecule is CC1(CNc2ccc(C(=O)O)c(Br)c2F)CCC1. The quantitative estimate of drug-likeness (QED) is 0.886. The van der Waals surface area contributed by atoms with Gasteiger partial charge in [0.15, 0.2) is 5.82 Å². The summed E-state index contributed by atoms with van der Waals surface area (Å²) < 4.78 is 13.9. The van der Waals surface area contributed by atoms with Crippen LogP contribution in [-0.4, -0.2) is 17.6 Å². The zero-order chi connectivity index (χ0) is 13.3. The Kier molecular flexibility index (Phi) is 3.61. The highest BCUT2D eigenvalue weighted by molar-refractivity contribution is 9.10. The fourth-order valence-electron chi connectivity index (χ4n) is 2.12. The van der Waals surface area contributed by atoms with Gasteiger partial charge in [0.2, 0.25) is 0 Å². The maximum atomic E-state index is 13.9. The van der Waals surface area contributed by atoms with Crippen LogP contribution >= 0.6 is 15.9 Å². The average Bonchev–Trinajstić information content (AvgIpc) is 2.28. The van der Waals surface area contributed by atoms with Gasteiger partial charge in [0.25, 0.3) is 0 Å². The molecule has 0 saturated heterocycles. The highest BCUT2D eigenvalue weighted by Gasteiger charge is 2.31. The van der Waals surface area contributed by atoms with Crippen LogP contribution in [0.1, 0.15) is 36.5 Å². The van der Waals surface area contributed by atoms with Crippen LogP contribution in [0.2, 0.25) is 0 Å². The van der Waals surface area contributed by atoms with Crippen molar-refractivity contribution in [1.82, 2.24) is 0 Å². The van der Waals surface area contributed by atoms with Crippen LogP contribution < -0.4 is 5.32 Å². The Hall–Kier alpha value is -1.10. The van der Waals surface area contributed by atoms with Gasteiger partial charge in [-0.3, -0.25) is 0 Å². The van der Waals surface area contributed by atoms with Gasteiger partial charge >= 0.3 is 5.97 Å². The predicted molar refractivity (Wildman–Crippen MR) is 71.5 cm³/mol. The summed E-state index contributed by atoms with van der Waals surface area (Å²) in [5.41, 5.74) is 0.526. The third-order valence-corrected chi connectivity index (χ3v) is 4.35. The molecular weight excluding hydrogens is 301 g/mol. The van der Waals surface area contributed by atoms with Crippen molar-refractivity contribution in [2.24, 2.45) is 5.41 Å². The Morgan fingerprint density at radius 2 is 2.22 bits per heavy atom. The number of halogens is 2. The van der Waals surface area contributed by atoms with Gasteiger partial charge in [0.1, 0.15) is 0 Å². The molecule has 0 amide bonds. The van der Waals surface area contributed by atoms with Crippen molar-refractivity contribution in [3.63, 3.8) is 0 Å². The van der Waals surface area contributed by atoms with Crippen LogP contribution in [-0.2, 0) is 0 Å². The molecule has 1 fully saturated rings. The first-order chi connectivity index (χ1) is 8.43. The summed E-state index contributed by atoms with van der Waals surface area (Å²) in [5.74, 6) is -1.68. The first-order valence-electron chi connectivity index (χ1n) is 5.88. The molecule has 2 rings (SSSR count). The van der Waals surface area contributed by atoms with Crippen molar-refractivity contribution < 1.29 is 14.3 Å². The number of rotatable bonds is 4. The fraction of sp³-hybridized carbons (Fsp3) is 0.462. The zero-order valence-electron chi connectivity index (χ0n) is 10.1. The Bertz CT molecular complexity index is 486. The van der Waals surface area contributed by atoms with Gasteiger partial charge in [-0.15, -0.1) is 0 Å². The summed E-state index contributed by atoms with van der Waals surface area (Å²) in [7, 11) is 0. The molecule has 5 heteroatoms. The molecule has 0 bridgehead atoms. The summed E-state index contributed by atoms with van der Waals surface area (Å²) in [6, 6.07) is 2.88. The Balaban J connectivity index is 2.14. The molecule has 0 unspecified atom stereocenters. The van der Waals surface area contributed by atoms with Crippen LogP contribution in [0.4, 0.5) is 10.1 Å².